The van der Waals surface area contributed by atoms with Crippen molar-refractivity contribution in [2.75, 3.05) is 11.9 Å². The summed E-state index contributed by atoms with van der Waals surface area (Å²) in [5, 5.41) is 16.0. The molecule has 0 atom stereocenters. The fraction of sp³-hybridized carbons (Fsp3) is 0.133. The summed E-state index contributed by atoms with van der Waals surface area (Å²) in [7, 11) is 0. The maximum absolute atomic E-state index is 11.7. The lowest BCUT2D eigenvalue weighted by molar-refractivity contribution is 0.252. The molecule has 2 rings (SSSR count). The normalized spacial score (nSPS) is 10.2. The van der Waals surface area contributed by atoms with Gasteiger partial charge >= 0.3 is 6.03 Å². The number of hydrogen-bond acceptors (Lipinski definition) is 2. The highest BCUT2D eigenvalue weighted by atomic mass is 35.5. The number of phenolic OH excluding ortho intramolecular Hbond substituents is 1. The Kier molecular flexibility index (Phi) is 5.31. The van der Waals surface area contributed by atoms with E-state index in [0.717, 1.165) is 5.56 Å². The highest BCUT2D eigenvalue weighted by Crippen LogP contribution is 2.26. The second-order valence-electron chi connectivity index (χ2n) is 4.42. The first kappa shape index (κ1) is 15.5. The van der Waals surface area contributed by atoms with Gasteiger partial charge in [-0.2, -0.15) is 0 Å². The summed E-state index contributed by atoms with van der Waals surface area (Å²) in [5.41, 5.74) is 1.34. The van der Waals surface area contributed by atoms with E-state index in [4.69, 9.17) is 23.2 Å². The van der Waals surface area contributed by atoms with Crippen molar-refractivity contribution in [1.29, 1.82) is 0 Å². The molecule has 21 heavy (non-hydrogen) atoms. The van der Waals surface area contributed by atoms with Crippen LogP contribution in [0.2, 0.25) is 10.0 Å². The lowest BCUT2D eigenvalue weighted by Crippen LogP contribution is -2.30. The molecular formula is C15H14Cl2N2O2. The van der Waals surface area contributed by atoms with E-state index in [9.17, 15) is 9.90 Å². The molecule has 0 aromatic heterocycles. The highest BCUT2D eigenvalue weighted by Gasteiger charge is 2.06. The number of rotatable bonds is 4. The maximum Gasteiger partial charge on any atom is 0.319 e. The van der Waals surface area contributed by atoms with Crippen LogP contribution in [0.4, 0.5) is 10.5 Å². The van der Waals surface area contributed by atoms with Gasteiger partial charge in [-0.3, -0.25) is 0 Å². The standard InChI is InChI=1S/C15H14Cl2N2O2/c16-11-3-1-10(2-4-11)7-8-18-15(21)19-13-9-12(17)5-6-14(13)20/h1-6,9,20H,7-8H2,(H2,18,19,21). The number of amides is 2. The average molecular weight is 325 g/mol. The van der Waals surface area contributed by atoms with Gasteiger partial charge in [-0.25, -0.2) is 4.79 Å². The molecule has 2 aromatic rings. The Balaban J connectivity index is 1.82. The van der Waals surface area contributed by atoms with Crippen molar-refractivity contribution in [3.05, 3.63) is 58.1 Å². The first-order chi connectivity index (χ1) is 10.0. The number of benzene rings is 2. The zero-order valence-corrected chi connectivity index (χ0v) is 12.6. The zero-order valence-electron chi connectivity index (χ0n) is 11.1. The lowest BCUT2D eigenvalue weighted by Gasteiger charge is -2.09. The number of nitrogens with one attached hydrogen (secondary N) is 2. The molecular weight excluding hydrogens is 311 g/mol. The monoisotopic (exact) mass is 324 g/mol. The van der Waals surface area contributed by atoms with Crippen LogP contribution in [-0.4, -0.2) is 17.7 Å². The van der Waals surface area contributed by atoms with Crippen LogP contribution in [0.25, 0.3) is 0 Å². The summed E-state index contributed by atoms with van der Waals surface area (Å²) in [4.78, 5) is 11.7. The van der Waals surface area contributed by atoms with Crippen molar-refractivity contribution in [3.8, 4) is 5.75 Å². The largest absolute Gasteiger partial charge is 0.506 e. The summed E-state index contributed by atoms with van der Waals surface area (Å²) < 4.78 is 0. The van der Waals surface area contributed by atoms with Gasteiger partial charge in [0.1, 0.15) is 5.75 Å². The Morgan fingerprint density at radius 2 is 1.71 bits per heavy atom. The lowest BCUT2D eigenvalue weighted by atomic mass is 10.1. The fourth-order valence-corrected chi connectivity index (χ4v) is 2.04. The van der Waals surface area contributed by atoms with E-state index in [0.29, 0.717) is 23.0 Å². The second-order valence-corrected chi connectivity index (χ2v) is 5.29. The van der Waals surface area contributed by atoms with Gasteiger partial charge in [0.2, 0.25) is 0 Å². The van der Waals surface area contributed by atoms with Gasteiger partial charge in [0.05, 0.1) is 5.69 Å². The van der Waals surface area contributed by atoms with E-state index >= 15 is 0 Å². The first-order valence-corrected chi connectivity index (χ1v) is 7.08. The number of hydrogen-bond donors (Lipinski definition) is 3. The summed E-state index contributed by atoms with van der Waals surface area (Å²) in [5.74, 6) is -0.0350. The van der Waals surface area contributed by atoms with Crippen molar-refractivity contribution in [1.82, 2.24) is 5.32 Å². The van der Waals surface area contributed by atoms with Crippen molar-refractivity contribution < 1.29 is 9.90 Å². The number of anilines is 1. The average Bonchev–Trinajstić information content (AvgIpc) is 2.45. The molecule has 0 radical (unpaired) electrons. The molecule has 0 unspecified atom stereocenters. The molecule has 0 saturated carbocycles. The fourth-order valence-electron chi connectivity index (χ4n) is 1.75. The van der Waals surface area contributed by atoms with E-state index in [1.165, 1.54) is 12.1 Å². The van der Waals surface area contributed by atoms with Crippen molar-refractivity contribution >= 4 is 34.9 Å². The predicted octanol–water partition coefficient (Wildman–Crippen LogP) is 4.06. The smallest absolute Gasteiger partial charge is 0.319 e. The Morgan fingerprint density at radius 1 is 1.05 bits per heavy atom. The van der Waals surface area contributed by atoms with E-state index in [1.54, 1.807) is 18.2 Å². The molecule has 0 aliphatic rings. The maximum atomic E-state index is 11.7. The molecule has 3 N–H and O–H groups in total. The van der Waals surface area contributed by atoms with Crippen LogP contribution in [0.15, 0.2) is 42.5 Å². The Bertz CT molecular complexity index is 630. The summed E-state index contributed by atoms with van der Waals surface area (Å²) in [6.07, 6.45) is 0.687. The van der Waals surface area contributed by atoms with Crippen LogP contribution in [0.1, 0.15) is 5.56 Å². The van der Waals surface area contributed by atoms with Gasteiger partial charge < -0.3 is 15.7 Å². The van der Waals surface area contributed by atoms with Crippen LogP contribution in [0.5, 0.6) is 5.75 Å². The van der Waals surface area contributed by atoms with Crippen LogP contribution in [0, 0.1) is 0 Å². The molecule has 110 valence electrons. The topological polar surface area (TPSA) is 61.4 Å². The van der Waals surface area contributed by atoms with Crippen molar-refractivity contribution in [3.63, 3.8) is 0 Å². The number of phenols is 1. The minimum Gasteiger partial charge on any atom is -0.506 e. The van der Waals surface area contributed by atoms with Crippen molar-refractivity contribution in [2.45, 2.75) is 6.42 Å². The SMILES string of the molecule is O=C(NCCc1ccc(Cl)cc1)Nc1cc(Cl)ccc1O. The molecule has 4 nitrogen and oxygen atoms in total. The third kappa shape index (κ3) is 4.85. The minimum absolute atomic E-state index is 0.0350. The summed E-state index contributed by atoms with van der Waals surface area (Å²) in [6.45, 7) is 0.467. The number of aromatic hydroxyl groups is 1. The number of carbonyl (C=O) groups is 1. The van der Waals surface area contributed by atoms with Gasteiger partial charge in [0, 0.05) is 16.6 Å². The Labute approximate surface area is 132 Å². The van der Waals surface area contributed by atoms with Crippen LogP contribution >= 0.6 is 23.2 Å². The summed E-state index contributed by atoms with van der Waals surface area (Å²) in [6, 6.07) is 11.5. The Morgan fingerprint density at radius 3 is 2.43 bits per heavy atom. The third-order valence-electron chi connectivity index (χ3n) is 2.82. The second kappa shape index (κ2) is 7.20. The molecule has 0 bridgehead atoms. The van der Waals surface area contributed by atoms with Gasteiger partial charge in [-0.05, 0) is 42.3 Å². The quantitative estimate of drug-likeness (QED) is 0.742. The molecule has 0 fully saturated rings. The molecule has 0 saturated heterocycles. The first-order valence-electron chi connectivity index (χ1n) is 6.32. The molecule has 0 spiro atoms. The highest BCUT2D eigenvalue weighted by molar-refractivity contribution is 6.31. The van der Waals surface area contributed by atoms with Gasteiger partial charge in [0.15, 0.2) is 0 Å². The van der Waals surface area contributed by atoms with Gasteiger partial charge in [0.25, 0.3) is 0 Å². The van der Waals surface area contributed by atoms with Gasteiger partial charge in [-0.1, -0.05) is 35.3 Å². The predicted molar refractivity (Wildman–Crippen MR) is 85.3 cm³/mol. The Hall–Kier alpha value is -1.91. The number of carbonyl (C=O) groups excluding carboxylic acids is 1. The third-order valence-corrected chi connectivity index (χ3v) is 3.31. The summed E-state index contributed by atoms with van der Waals surface area (Å²) >= 11 is 11.6. The molecule has 2 aromatic carbocycles. The molecule has 0 aliphatic carbocycles. The molecule has 0 heterocycles. The molecule has 0 aliphatic heterocycles. The zero-order chi connectivity index (χ0) is 15.2. The minimum atomic E-state index is -0.401. The molecule has 2 amide bonds. The van der Waals surface area contributed by atoms with E-state index in [-0.39, 0.29) is 11.4 Å². The van der Waals surface area contributed by atoms with Crippen LogP contribution < -0.4 is 10.6 Å². The van der Waals surface area contributed by atoms with Crippen molar-refractivity contribution in [2.24, 2.45) is 0 Å². The van der Waals surface area contributed by atoms with Gasteiger partial charge in [-0.15, -0.1) is 0 Å². The van der Waals surface area contributed by atoms with Crippen LogP contribution in [0.3, 0.4) is 0 Å². The van der Waals surface area contributed by atoms with E-state index in [2.05, 4.69) is 10.6 Å². The molecule has 6 heteroatoms. The van der Waals surface area contributed by atoms with E-state index < -0.39 is 6.03 Å². The number of halogens is 2. The van der Waals surface area contributed by atoms with E-state index in [1.807, 2.05) is 12.1 Å². The van der Waals surface area contributed by atoms with Crippen LogP contribution in [-0.2, 0) is 6.42 Å². The number of urea groups is 1.